The number of carbonyl (C=O) groups excluding carboxylic acids is 1. The van der Waals surface area contributed by atoms with Crippen LogP contribution in [0.5, 0.6) is 0 Å². The molecule has 24 heavy (non-hydrogen) atoms. The number of carbonyl (C=O) groups is 1. The molecule has 2 aromatic carbocycles. The Morgan fingerprint density at radius 1 is 1.29 bits per heavy atom. The maximum absolute atomic E-state index is 14.0. The molecule has 4 nitrogen and oxygen atoms in total. The number of amides is 1. The van der Waals surface area contributed by atoms with Crippen LogP contribution in [0.2, 0.25) is 0 Å². The number of epoxide rings is 1. The Bertz CT molecular complexity index is 732. The lowest BCUT2D eigenvalue weighted by atomic mass is 9.92. The van der Waals surface area contributed by atoms with E-state index in [4.69, 9.17) is 9.47 Å². The third-order valence-corrected chi connectivity index (χ3v) is 4.09. The predicted molar refractivity (Wildman–Crippen MR) is 83.2 cm³/mol. The number of nitrogens with one attached hydrogen (secondary N) is 1. The molecule has 1 saturated heterocycles. The number of hydrogen-bond acceptors (Lipinski definition) is 3. The van der Waals surface area contributed by atoms with Crippen molar-refractivity contribution in [3.63, 3.8) is 0 Å². The Kier molecular flexibility index (Phi) is 4.49. The molecule has 0 spiro atoms. The normalized spacial score (nSPS) is 20.3. The summed E-state index contributed by atoms with van der Waals surface area (Å²) in [4.78, 5) is 11.9. The average molecular weight is 333 g/mol. The van der Waals surface area contributed by atoms with E-state index in [1.807, 2.05) is 30.3 Å². The second kappa shape index (κ2) is 6.57. The molecule has 0 aromatic heterocycles. The molecule has 0 bridgehead atoms. The number of ether oxygens (including phenoxy) is 2. The van der Waals surface area contributed by atoms with E-state index in [9.17, 15) is 13.6 Å². The van der Waals surface area contributed by atoms with Gasteiger partial charge < -0.3 is 14.8 Å². The Morgan fingerprint density at radius 3 is 2.62 bits per heavy atom. The Labute approximate surface area is 138 Å². The summed E-state index contributed by atoms with van der Waals surface area (Å²) in [6.45, 7) is 2.08. The molecule has 1 aliphatic rings. The highest BCUT2D eigenvalue weighted by atomic mass is 19.1. The summed E-state index contributed by atoms with van der Waals surface area (Å²) in [5, 5.41) is 2.65. The fourth-order valence-corrected chi connectivity index (χ4v) is 2.61. The number of alkyl carbamates (subject to hydrolysis) is 1. The van der Waals surface area contributed by atoms with E-state index < -0.39 is 29.4 Å². The van der Waals surface area contributed by atoms with E-state index in [2.05, 4.69) is 5.32 Å². The van der Waals surface area contributed by atoms with Crippen molar-refractivity contribution < 1.29 is 23.0 Å². The van der Waals surface area contributed by atoms with Gasteiger partial charge >= 0.3 is 6.09 Å². The topological polar surface area (TPSA) is 50.9 Å². The van der Waals surface area contributed by atoms with Crippen molar-refractivity contribution in [1.29, 1.82) is 0 Å². The summed E-state index contributed by atoms with van der Waals surface area (Å²) in [6.07, 6.45) is -0.622. The van der Waals surface area contributed by atoms with E-state index in [0.717, 1.165) is 11.6 Å². The molecule has 1 fully saturated rings. The molecule has 1 N–H and O–H groups in total. The van der Waals surface area contributed by atoms with E-state index in [0.29, 0.717) is 0 Å². The lowest BCUT2D eigenvalue weighted by molar-refractivity contribution is 0.128. The largest absolute Gasteiger partial charge is 0.445 e. The van der Waals surface area contributed by atoms with Crippen molar-refractivity contribution in [3.8, 4) is 0 Å². The third kappa shape index (κ3) is 3.38. The number of benzene rings is 2. The van der Waals surface area contributed by atoms with E-state index in [-0.39, 0.29) is 18.8 Å². The number of hydrogen-bond donors (Lipinski definition) is 1. The van der Waals surface area contributed by atoms with Crippen LogP contribution in [0.15, 0.2) is 48.5 Å². The minimum absolute atomic E-state index is 0.137. The zero-order valence-corrected chi connectivity index (χ0v) is 13.1. The summed E-state index contributed by atoms with van der Waals surface area (Å²) in [5.41, 5.74) is 0.103. The number of halogens is 2. The quantitative estimate of drug-likeness (QED) is 0.852. The van der Waals surface area contributed by atoms with Gasteiger partial charge in [-0.25, -0.2) is 13.6 Å². The second-order valence-electron chi connectivity index (χ2n) is 5.73. The fourth-order valence-electron chi connectivity index (χ4n) is 2.61. The molecular formula is C18H17F2NO3. The third-order valence-electron chi connectivity index (χ3n) is 4.09. The summed E-state index contributed by atoms with van der Waals surface area (Å²) < 4.78 is 37.6. The van der Waals surface area contributed by atoms with Gasteiger partial charge in [0.2, 0.25) is 0 Å². The van der Waals surface area contributed by atoms with Crippen LogP contribution in [0.4, 0.5) is 13.6 Å². The SMILES string of the molecule is C[C@@H](NC(=O)OCc1ccccc1)[C@@]1(c2ccc(F)cc2F)CO1. The molecule has 1 heterocycles. The van der Waals surface area contributed by atoms with Crippen LogP contribution in [0, 0.1) is 11.6 Å². The van der Waals surface area contributed by atoms with Gasteiger partial charge in [-0.3, -0.25) is 0 Å². The number of rotatable bonds is 5. The highest BCUT2D eigenvalue weighted by Crippen LogP contribution is 2.43. The Balaban J connectivity index is 1.61. The molecule has 0 unspecified atom stereocenters. The van der Waals surface area contributed by atoms with E-state index >= 15 is 0 Å². The van der Waals surface area contributed by atoms with Crippen molar-refractivity contribution >= 4 is 6.09 Å². The van der Waals surface area contributed by atoms with Crippen molar-refractivity contribution in [2.45, 2.75) is 25.2 Å². The Morgan fingerprint density at radius 2 is 2.00 bits per heavy atom. The first-order chi connectivity index (χ1) is 11.5. The molecule has 1 aliphatic heterocycles. The fraction of sp³-hybridized carbons (Fsp3) is 0.278. The van der Waals surface area contributed by atoms with Crippen molar-refractivity contribution in [1.82, 2.24) is 5.32 Å². The maximum Gasteiger partial charge on any atom is 0.407 e. The van der Waals surface area contributed by atoms with Gasteiger partial charge in [0, 0.05) is 11.6 Å². The van der Waals surface area contributed by atoms with Gasteiger partial charge in [-0.1, -0.05) is 36.4 Å². The van der Waals surface area contributed by atoms with Crippen LogP contribution in [0.25, 0.3) is 0 Å². The summed E-state index contributed by atoms with van der Waals surface area (Å²) in [5.74, 6) is -1.35. The predicted octanol–water partition coefficient (Wildman–Crippen LogP) is 3.51. The van der Waals surface area contributed by atoms with Gasteiger partial charge in [0.05, 0.1) is 12.6 Å². The molecule has 3 rings (SSSR count). The van der Waals surface area contributed by atoms with Gasteiger partial charge in [0.1, 0.15) is 23.8 Å². The van der Waals surface area contributed by atoms with Crippen LogP contribution in [0.3, 0.4) is 0 Å². The van der Waals surface area contributed by atoms with Crippen molar-refractivity contribution in [3.05, 3.63) is 71.3 Å². The Hall–Kier alpha value is -2.47. The zero-order chi connectivity index (χ0) is 17.2. The molecule has 0 radical (unpaired) electrons. The molecule has 126 valence electrons. The molecule has 0 aliphatic carbocycles. The highest BCUT2D eigenvalue weighted by molar-refractivity contribution is 5.68. The monoisotopic (exact) mass is 333 g/mol. The average Bonchev–Trinajstić information content (AvgIpc) is 3.35. The molecule has 1 amide bonds. The zero-order valence-electron chi connectivity index (χ0n) is 13.1. The molecule has 2 aromatic rings. The van der Waals surface area contributed by atoms with E-state index in [1.54, 1.807) is 6.92 Å². The summed E-state index contributed by atoms with van der Waals surface area (Å²) in [6, 6.07) is 12.0. The van der Waals surface area contributed by atoms with Crippen LogP contribution in [-0.4, -0.2) is 18.7 Å². The maximum atomic E-state index is 14.0. The van der Waals surface area contributed by atoms with Crippen LogP contribution in [-0.2, 0) is 21.7 Å². The van der Waals surface area contributed by atoms with Crippen LogP contribution in [0.1, 0.15) is 18.1 Å². The van der Waals surface area contributed by atoms with Gasteiger partial charge in [0.25, 0.3) is 0 Å². The highest BCUT2D eigenvalue weighted by Gasteiger charge is 2.53. The van der Waals surface area contributed by atoms with Gasteiger partial charge in [-0.15, -0.1) is 0 Å². The minimum Gasteiger partial charge on any atom is -0.445 e. The van der Waals surface area contributed by atoms with Crippen molar-refractivity contribution in [2.75, 3.05) is 6.61 Å². The smallest absolute Gasteiger partial charge is 0.407 e. The standard InChI is InChI=1S/C18H17F2NO3/c1-12(21-17(22)23-10-13-5-3-2-4-6-13)18(11-24-18)15-8-7-14(19)9-16(15)20/h2-9,12H,10-11H2,1H3,(H,21,22)/t12-,18-/m1/s1. The lowest BCUT2D eigenvalue weighted by Gasteiger charge is -2.22. The van der Waals surface area contributed by atoms with Crippen LogP contribution >= 0.6 is 0 Å². The van der Waals surface area contributed by atoms with Gasteiger partial charge in [-0.05, 0) is 18.6 Å². The van der Waals surface area contributed by atoms with E-state index in [1.165, 1.54) is 12.1 Å². The molecule has 0 saturated carbocycles. The lowest BCUT2D eigenvalue weighted by Crippen LogP contribution is -2.42. The summed E-state index contributed by atoms with van der Waals surface area (Å²) >= 11 is 0. The molecule has 2 atom stereocenters. The van der Waals surface area contributed by atoms with Crippen LogP contribution < -0.4 is 5.32 Å². The second-order valence-corrected chi connectivity index (χ2v) is 5.73. The first-order valence-corrected chi connectivity index (χ1v) is 7.58. The minimum atomic E-state index is -0.983. The first-order valence-electron chi connectivity index (χ1n) is 7.58. The van der Waals surface area contributed by atoms with Crippen molar-refractivity contribution in [2.24, 2.45) is 0 Å². The first kappa shape index (κ1) is 16.4. The van der Waals surface area contributed by atoms with Gasteiger partial charge in [0.15, 0.2) is 0 Å². The van der Waals surface area contributed by atoms with Gasteiger partial charge in [-0.2, -0.15) is 0 Å². The molecular weight excluding hydrogens is 316 g/mol. The molecule has 6 heteroatoms. The summed E-state index contributed by atoms with van der Waals surface area (Å²) in [7, 11) is 0.